The first-order valence-corrected chi connectivity index (χ1v) is 12.8. The van der Waals surface area contributed by atoms with E-state index in [9.17, 15) is 4.79 Å². The fourth-order valence-corrected chi connectivity index (χ4v) is 5.41. The van der Waals surface area contributed by atoms with Gasteiger partial charge in [0.2, 0.25) is 0 Å². The van der Waals surface area contributed by atoms with Gasteiger partial charge in [0.05, 0.1) is 41.9 Å². The summed E-state index contributed by atoms with van der Waals surface area (Å²) in [6, 6.07) is 19.3. The summed E-state index contributed by atoms with van der Waals surface area (Å²) in [5, 5.41) is 2.34. The van der Waals surface area contributed by atoms with Gasteiger partial charge in [0.25, 0.3) is 0 Å². The van der Waals surface area contributed by atoms with Crippen LogP contribution in [0.3, 0.4) is 0 Å². The molecule has 3 aromatic carbocycles. The maximum Gasteiger partial charge on any atom is 0.344 e. The van der Waals surface area contributed by atoms with Gasteiger partial charge in [-0.3, -0.25) is 4.99 Å². The lowest BCUT2D eigenvalue weighted by molar-refractivity contribution is -0.655. The van der Waals surface area contributed by atoms with Crippen molar-refractivity contribution in [1.29, 1.82) is 0 Å². The number of aliphatic imine (C=N–C) groups is 1. The predicted molar refractivity (Wildman–Crippen MR) is 144 cm³/mol. The molecule has 4 rings (SSSR count). The number of hydrogen-bond donors (Lipinski definition) is 1. The second kappa shape index (κ2) is 10.9. The largest absolute Gasteiger partial charge is 0.421 e. The van der Waals surface area contributed by atoms with Crippen LogP contribution in [-0.2, 0) is 0 Å². The Balaban J connectivity index is 1.56. The standard InChI is InChI=1S/C24H20Br2IN3O2/c25-17-13-16(15-29-18-5-7-19(8-6-18)30-11-9-28-10-12-30)23(21(26)14-17)32-24(31)20-3-1-2-4-22(20)27/h1-8,13-15,28H,9-12H2/p+1. The van der Waals surface area contributed by atoms with Crippen LogP contribution in [0.25, 0.3) is 0 Å². The number of quaternary nitrogens is 1. The predicted octanol–water partition coefficient (Wildman–Crippen LogP) is 5.17. The molecule has 0 bridgehead atoms. The molecule has 1 heterocycles. The van der Waals surface area contributed by atoms with Crippen LogP contribution in [0.4, 0.5) is 11.4 Å². The van der Waals surface area contributed by atoms with Crippen molar-refractivity contribution in [3.8, 4) is 5.75 Å². The van der Waals surface area contributed by atoms with E-state index >= 15 is 0 Å². The van der Waals surface area contributed by atoms with E-state index in [1.54, 1.807) is 12.3 Å². The zero-order chi connectivity index (χ0) is 22.5. The number of esters is 1. The molecule has 0 spiro atoms. The maximum atomic E-state index is 12.8. The molecule has 2 N–H and O–H groups in total. The molecule has 3 aromatic rings. The van der Waals surface area contributed by atoms with Gasteiger partial charge >= 0.3 is 5.97 Å². The fraction of sp³-hybridized carbons (Fsp3) is 0.167. The monoisotopic (exact) mass is 668 g/mol. The van der Waals surface area contributed by atoms with Crippen molar-refractivity contribution in [2.45, 2.75) is 0 Å². The summed E-state index contributed by atoms with van der Waals surface area (Å²) in [6.07, 6.45) is 1.72. The van der Waals surface area contributed by atoms with Crippen molar-refractivity contribution in [3.05, 3.63) is 84.3 Å². The Kier molecular flexibility index (Phi) is 7.98. The molecule has 0 aromatic heterocycles. The summed E-state index contributed by atoms with van der Waals surface area (Å²) >= 11 is 9.16. The maximum absolute atomic E-state index is 12.8. The van der Waals surface area contributed by atoms with Gasteiger partial charge in [-0.05, 0) is 87.1 Å². The van der Waals surface area contributed by atoms with Gasteiger partial charge in [0.1, 0.15) is 0 Å². The minimum atomic E-state index is -0.407. The van der Waals surface area contributed by atoms with Crippen LogP contribution in [0.5, 0.6) is 5.75 Å². The SMILES string of the molecule is O=C(Oc1c(Br)cc(Br)cc1C=Nc1ccc(N2CC[NH2+]CC2)cc1)c1ccccc1I. The van der Waals surface area contributed by atoms with Crippen LogP contribution in [0.2, 0.25) is 0 Å². The third-order valence-electron chi connectivity index (χ3n) is 5.10. The average Bonchev–Trinajstić information content (AvgIpc) is 2.80. The van der Waals surface area contributed by atoms with E-state index in [0.29, 0.717) is 21.3 Å². The van der Waals surface area contributed by atoms with E-state index in [4.69, 9.17) is 4.74 Å². The first-order chi connectivity index (χ1) is 15.5. The van der Waals surface area contributed by atoms with E-state index in [-0.39, 0.29) is 0 Å². The Morgan fingerprint density at radius 1 is 1.06 bits per heavy atom. The van der Waals surface area contributed by atoms with Crippen LogP contribution in [0.15, 0.2) is 74.6 Å². The molecule has 5 nitrogen and oxygen atoms in total. The summed E-state index contributed by atoms with van der Waals surface area (Å²) in [7, 11) is 0. The second-order valence-electron chi connectivity index (χ2n) is 7.30. The van der Waals surface area contributed by atoms with Gasteiger partial charge in [0.15, 0.2) is 5.75 Å². The molecule has 0 saturated carbocycles. The van der Waals surface area contributed by atoms with E-state index < -0.39 is 5.97 Å². The van der Waals surface area contributed by atoms with Gasteiger partial charge in [0, 0.05) is 25.5 Å². The molecule has 1 aliphatic rings. The number of carbonyl (C=O) groups is 1. The van der Waals surface area contributed by atoms with Gasteiger partial charge in [-0.15, -0.1) is 0 Å². The molecule has 0 radical (unpaired) electrons. The Morgan fingerprint density at radius 3 is 2.50 bits per heavy atom. The topological polar surface area (TPSA) is 58.5 Å². The lowest BCUT2D eigenvalue weighted by Crippen LogP contribution is -2.89. The van der Waals surface area contributed by atoms with E-state index in [1.807, 2.05) is 42.5 Å². The van der Waals surface area contributed by atoms with E-state index in [2.05, 4.69) is 81.8 Å². The minimum Gasteiger partial charge on any atom is -0.421 e. The Morgan fingerprint density at radius 2 is 1.78 bits per heavy atom. The van der Waals surface area contributed by atoms with E-state index in [1.165, 1.54) is 5.69 Å². The molecular weight excluding hydrogens is 649 g/mol. The lowest BCUT2D eigenvalue weighted by atomic mass is 10.2. The van der Waals surface area contributed by atoms with Crippen molar-refractivity contribution in [2.75, 3.05) is 31.1 Å². The molecule has 8 heteroatoms. The summed E-state index contributed by atoms with van der Waals surface area (Å²) in [5.41, 5.74) is 3.27. The van der Waals surface area contributed by atoms with Crippen molar-refractivity contribution < 1.29 is 14.8 Å². The first kappa shape index (κ1) is 23.4. The van der Waals surface area contributed by atoms with Crippen LogP contribution in [-0.4, -0.2) is 38.4 Å². The minimum absolute atomic E-state index is 0.407. The quantitative estimate of drug-likeness (QED) is 0.177. The number of hydrogen-bond acceptors (Lipinski definition) is 4. The number of carbonyl (C=O) groups excluding carboxylic acids is 1. The molecule has 164 valence electrons. The number of nitrogens with zero attached hydrogens (tertiary/aromatic N) is 2. The van der Waals surface area contributed by atoms with E-state index in [0.717, 1.165) is 39.9 Å². The Bertz CT molecular complexity index is 1150. The highest BCUT2D eigenvalue weighted by molar-refractivity contribution is 14.1. The molecular formula is C24H21Br2IN3O2+. The number of rotatable bonds is 5. The number of benzene rings is 3. The molecule has 1 saturated heterocycles. The zero-order valence-electron chi connectivity index (χ0n) is 17.1. The van der Waals surface area contributed by atoms with Gasteiger partial charge in [-0.1, -0.05) is 28.1 Å². The van der Waals surface area contributed by atoms with Crippen molar-refractivity contribution in [1.82, 2.24) is 0 Å². The van der Waals surface area contributed by atoms with Crippen molar-refractivity contribution >= 4 is 78.0 Å². The lowest BCUT2D eigenvalue weighted by Gasteiger charge is -2.27. The third-order valence-corrected chi connectivity index (χ3v) is 7.09. The number of anilines is 1. The number of piperazine rings is 1. The van der Waals surface area contributed by atoms with Crippen LogP contribution >= 0.6 is 54.5 Å². The van der Waals surface area contributed by atoms with Crippen LogP contribution < -0.4 is 15.0 Å². The normalized spacial score (nSPS) is 14.0. The summed E-state index contributed by atoms with van der Waals surface area (Å²) in [6.45, 7) is 4.37. The molecule has 1 fully saturated rings. The second-order valence-corrected chi connectivity index (χ2v) is 10.2. The summed E-state index contributed by atoms with van der Waals surface area (Å²) in [4.78, 5) is 19.8. The number of ether oxygens (including phenoxy) is 1. The molecule has 0 aliphatic carbocycles. The average molecular weight is 670 g/mol. The van der Waals surface area contributed by atoms with Crippen molar-refractivity contribution in [2.24, 2.45) is 4.99 Å². The fourth-order valence-electron chi connectivity index (χ4n) is 3.46. The highest BCUT2D eigenvalue weighted by Crippen LogP contribution is 2.33. The first-order valence-electron chi connectivity index (χ1n) is 10.2. The van der Waals surface area contributed by atoms with Gasteiger partial charge in [-0.25, -0.2) is 4.79 Å². The molecule has 1 aliphatic heterocycles. The summed E-state index contributed by atoms with van der Waals surface area (Å²) < 4.78 is 8.14. The highest BCUT2D eigenvalue weighted by Gasteiger charge is 2.17. The smallest absolute Gasteiger partial charge is 0.344 e. The molecule has 0 amide bonds. The highest BCUT2D eigenvalue weighted by atomic mass is 127. The van der Waals surface area contributed by atoms with Crippen LogP contribution in [0, 0.1) is 3.57 Å². The Hall–Kier alpha value is -1.75. The number of nitrogens with two attached hydrogens (primary N) is 1. The van der Waals surface area contributed by atoms with Gasteiger partial charge in [-0.2, -0.15) is 0 Å². The molecule has 0 atom stereocenters. The molecule has 32 heavy (non-hydrogen) atoms. The molecule has 0 unspecified atom stereocenters. The summed E-state index contributed by atoms with van der Waals surface area (Å²) in [5.74, 6) is 0.0265. The van der Waals surface area contributed by atoms with Crippen LogP contribution in [0.1, 0.15) is 15.9 Å². The Labute approximate surface area is 217 Å². The van der Waals surface area contributed by atoms with Crippen molar-refractivity contribution in [3.63, 3.8) is 0 Å². The number of halogens is 3. The zero-order valence-corrected chi connectivity index (χ0v) is 22.4. The third kappa shape index (κ3) is 5.78. The van der Waals surface area contributed by atoms with Gasteiger partial charge < -0.3 is 15.0 Å².